The molecule has 1 atom stereocenters. The van der Waals surface area contributed by atoms with Crippen LogP contribution in [0.5, 0.6) is 0 Å². The lowest BCUT2D eigenvalue weighted by molar-refractivity contribution is -0.131. The Bertz CT molecular complexity index is 824. The van der Waals surface area contributed by atoms with Crippen molar-refractivity contribution in [2.45, 2.75) is 19.0 Å². The smallest absolute Gasteiger partial charge is 0.325 e. The zero-order valence-electron chi connectivity index (χ0n) is 14.2. The van der Waals surface area contributed by atoms with Crippen LogP contribution in [0.15, 0.2) is 30.3 Å². The molecule has 130 valence electrons. The number of amides is 3. The Morgan fingerprint density at radius 2 is 1.84 bits per heavy atom. The van der Waals surface area contributed by atoms with Gasteiger partial charge in [0.25, 0.3) is 5.91 Å². The topological polar surface area (TPSA) is 117 Å². The van der Waals surface area contributed by atoms with Crippen molar-refractivity contribution in [3.8, 4) is 0 Å². The highest BCUT2D eigenvalue weighted by Gasteiger charge is 2.49. The van der Waals surface area contributed by atoms with Crippen molar-refractivity contribution >= 4 is 23.8 Å². The van der Waals surface area contributed by atoms with E-state index in [0.717, 1.165) is 4.90 Å². The number of imide groups is 1. The van der Waals surface area contributed by atoms with Crippen LogP contribution in [0.2, 0.25) is 0 Å². The lowest BCUT2D eigenvalue weighted by Crippen LogP contribution is -2.40. The van der Waals surface area contributed by atoms with E-state index in [1.54, 1.807) is 38.1 Å². The molecule has 0 bridgehead atoms. The summed E-state index contributed by atoms with van der Waals surface area (Å²) in [7, 11) is 3.53. The van der Waals surface area contributed by atoms with Crippen LogP contribution in [0.25, 0.3) is 0 Å². The Kier molecular flexibility index (Phi) is 3.99. The van der Waals surface area contributed by atoms with Crippen LogP contribution in [0.3, 0.4) is 0 Å². The van der Waals surface area contributed by atoms with Gasteiger partial charge in [0.2, 0.25) is 11.9 Å². The summed E-state index contributed by atoms with van der Waals surface area (Å²) in [5.41, 5.74) is 5.28. The van der Waals surface area contributed by atoms with Crippen molar-refractivity contribution in [3.63, 3.8) is 0 Å². The minimum Gasteiger partial charge on any atom is -0.368 e. The number of hydrogen-bond acceptors (Lipinski definition) is 7. The second-order valence-corrected chi connectivity index (χ2v) is 6.12. The average Bonchev–Trinajstić information content (AvgIpc) is 2.79. The van der Waals surface area contributed by atoms with Crippen LogP contribution in [-0.4, -0.2) is 45.9 Å². The number of urea groups is 1. The largest absolute Gasteiger partial charge is 0.368 e. The second kappa shape index (κ2) is 6.00. The van der Waals surface area contributed by atoms with Gasteiger partial charge in [-0.25, -0.2) is 4.79 Å². The van der Waals surface area contributed by atoms with Gasteiger partial charge in [0, 0.05) is 14.1 Å². The van der Waals surface area contributed by atoms with Crippen LogP contribution in [0.1, 0.15) is 18.3 Å². The average molecular weight is 341 g/mol. The molecule has 1 aromatic carbocycles. The molecule has 9 nitrogen and oxygen atoms in total. The number of carbonyl (C=O) groups excluding carboxylic acids is 2. The summed E-state index contributed by atoms with van der Waals surface area (Å²) in [6, 6.07) is 8.58. The number of benzene rings is 1. The fourth-order valence-corrected chi connectivity index (χ4v) is 2.64. The minimum atomic E-state index is -1.12. The van der Waals surface area contributed by atoms with Crippen LogP contribution >= 0.6 is 0 Å². The quantitative estimate of drug-likeness (QED) is 0.777. The summed E-state index contributed by atoms with van der Waals surface area (Å²) in [6.45, 7) is 1.59. The third-order valence-corrected chi connectivity index (χ3v) is 4.01. The molecular formula is C16H19N7O2. The van der Waals surface area contributed by atoms with Crippen LogP contribution in [-0.2, 0) is 16.9 Å². The lowest BCUT2D eigenvalue weighted by Gasteiger charge is -2.22. The Labute approximate surface area is 144 Å². The van der Waals surface area contributed by atoms with Gasteiger partial charge in [0.15, 0.2) is 5.82 Å². The van der Waals surface area contributed by atoms with Gasteiger partial charge in [-0.3, -0.25) is 9.69 Å². The molecule has 3 N–H and O–H groups in total. The standard InChI is InChI=1S/C16H19N7O2/c1-16(10-7-5-4-6-8-10)12(24)23(15(25)21-16)9-11-18-13(17)20-14(19-11)22(2)3/h4-8H,9H2,1-3H3,(H,21,25)(H2,17,18,19,20). The molecule has 3 rings (SSSR count). The maximum Gasteiger partial charge on any atom is 0.325 e. The van der Waals surface area contributed by atoms with Crippen molar-refractivity contribution in [2.75, 3.05) is 24.7 Å². The first-order valence-electron chi connectivity index (χ1n) is 7.68. The molecule has 3 amide bonds. The molecule has 0 aliphatic carbocycles. The molecule has 1 unspecified atom stereocenters. The molecule has 2 aromatic rings. The first-order valence-corrected chi connectivity index (χ1v) is 7.68. The molecule has 0 saturated carbocycles. The van der Waals surface area contributed by atoms with E-state index < -0.39 is 11.6 Å². The normalized spacial score (nSPS) is 19.9. The van der Waals surface area contributed by atoms with Crippen molar-refractivity contribution < 1.29 is 9.59 Å². The Morgan fingerprint density at radius 3 is 2.48 bits per heavy atom. The van der Waals surface area contributed by atoms with Gasteiger partial charge in [0.1, 0.15) is 5.54 Å². The van der Waals surface area contributed by atoms with E-state index in [4.69, 9.17) is 5.73 Å². The molecule has 0 radical (unpaired) electrons. The number of anilines is 2. The van der Waals surface area contributed by atoms with Crippen LogP contribution < -0.4 is 16.0 Å². The maximum absolute atomic E-state index is 12.9. The Morgan fingerprint density at radius 1 is 1.16 bits per heavy atom. The summed E-state index contributed by atoms with van der Waals surface area (Å²) in [5.74, 6) is 0.276. The van der Waals surface area contributed by atoms with Crippen molar-refractivity contribution in [1.82, 2.24) is 25.2 Å². The molecule has 1 aliphatic heterocycles. The number of nitrogens with zero attached hydrogens (tertiary/aromatic N) is 5. The number of nitrogens with two attached hydrogens (primary N) is 1. The van der Waals surface area contributed by atoms with Gasteiger partial charge in [0.05, 0.1) is 6.54 Å². The molecular weight excluding hydrogens is 322 g/mol. The molecule has 1 aliphatic rings. The first kappa shape index (κ1) is 16.6. The summed E-state index contributed by atoms with van der Waals surface area (Å²) < 4.78 is 0. The van der Waals surface area contributed by atoms with E-state index in [1.165, 1.54) is 0 Å². The SMILES string of the molecule is CN(C)c1nc(N)nc(CN2C(=O)NC(C)(c3ccccc3)C2=O)n1. The first-order chi connectivity index (χ1) is 11.8. The van der Waals surface area contributed by atoms with E-state index in [2.05, 4.69) is 20.3 Å². The molecule has 0 spiro atoms. The lowest BCUT2D eigenvalue weighted by atomic mass is 9.92. The Balaban J connectivity index is 1.89. The van der Waals surface area contributed by atoms with Gasteiger partial charge in [-0.2, -0.15) is 15.0 Å². The number of hydrogen-bond donors (Lipinski definition) is 2. The predicted molar refractivity (Wildman–Crippen MR) is 91.4 cm³/mol. The Hall–Kier alpha value is -3.23. The van der Waals surface area contributed by atoms with Crippen LogP contribution in [0.4, 0.5) is 16.7 Å². The number of rotatable bonds is 4. The van der Waals surface area contributed by atoms with E-state index in [1.807, 2.05) is 18.2 Å². The highest BCUT2D eigenvalue weighted by atomic mass is 16.2. The van der Waals surface area contributed by atoms with E-state index in [9.17, 15) is 9.59 Å². The van der Waals surface area contributed by atoms with Gasteiger partial charge in [-0.15, -0.1) is 0 Å². The molecule has 1 fully saturated rings. The number of aromatic nitrogens is 3. The maximum atomic E-state index is 12.9. The van der Waals surface area contributed by atoms with Gasteiger partial charge < -0.3 is 16.0 Å². The van der Waals surface area contributed by atoms with Gasteiger partial charge in [-0.05, 0) is 12.5 Å². The zero-order chi connectivity index (χ0) is 18.2. The van der Waals surface area contributed by atoms with Gasteiger partial charge >= 0.3 is 6.03 Å². The number of carbonyl (C=O) groups is 2. The van der Waals surface area contributed by atoms with Crippen LogP contribution in [0, 0.1) is 0 Å². The summed E-state index contributed by atoms with van der Waals surface area (Å²) in [5, 5.41) is 2.74. The molecule has 25 heavy (non-hydrogen) atoms. The molecule has 2 heterocycles. The predicted octanol–water partition coefficient (Wildman–Crippen LogP) is 0.487. The molecule has 1 saturated heterocycles. The monoisotopic (exact) mass is 341 g/mol. The third kappa shape index (κ3) is 2.95. The van der Waals surface area contributed by atoms with E-state index >= 15 is 0 Å². The number of nitrogen functional groups attached to an aromatic ring is 1. The second-order valence-electron chi connectivity index (χ2n) is 6.12. The summed E-state index contributed by atoms with van der Waals surface area (Å²) in [6.07, 6.45) is 0. The highest BCUT2D eigenvalue weighted by molar-refractivity contribution is 6.07. The fraction of sp³-hybridized carbons (Fsp3) is 0.312. The fourth-order valence-electron chi connectivity index (χ4n) is 2.64. The van der Waals surface area contributed by atoms with Crippen molar-refractivity contribution in [2.24, 2.45) is 0 Å². The summed E-state index contributed by atoms with van der Waals surface area (Å²) >= 11 is 0. The molecule has 1 aromatic heterocycles. The minimum absolute atomic E-state index is 0.0339. The van der Waals surface area contributed by atoms with Gasteiger partial charge in [-0.1, -0.05) is 30.3 Å². The van der Waals surface area contributed by atoms with E-state index in [-0.39, 0.29) is 24.2 Å². The van der Waals surface area contributed by atoms with Crippen molar-refractivity contribution in [3.05, 3.63) is 41.7 Å². The van der Waals surface area contributed by atoms with E-state index in [0.29, 0.717) is 11.5 Å². The number of nitrogens with one attached hydrogen (secondary N) is 1. The highest BCUT2D eigenvalue weighted by Crippen LogP contribution is 2.29. The summed E-state index contributed by atoms with van der Waals surface area (Å²) in [4.78, 5) is 40.3. The van der Waals surface area contributed by atoms with Crippen molar-refractivity contribution in [1.29, 1.82) is 0 Å². The zero-order valence-corrected chi connectivity index (χ0v) is 14.2. The molecule has 9 heteroatoms. The third-order valence-electron chi connectivity index (χ3n) is 4.01.